The molecule has 0 spiro atoms. The summed E-state index contributed by atoms with van der Waals surface area (Å²) >= 11 is 0. The minimum absolute atomic E-state index is 0.0604. The van der Waals surface area contributed by atoms with Gasteiger partial charge in [-0.05, 0) is 56.0 Å². The molecule has 1 fully saturated rings. The Labute approximate surface area is 236 Å². The van der Waals surface area contributed by atoms with Crippen molar-refractivity contribution >= 4 is 27.5 Å². The number of benzene rings is 3. The Morgan fingerprint density at radius 2 is 1.57 bits per heavy atom. The fraction of sp³-hybridized carbons (Fsp3) is 0.355. The van der Waals surface area contributed by atoms with Gasteiger partial charge in [0.05, 0.1) is 10.6 Å². The van der Waals surface area contributed by atoms with E-state index in [1.807, 2.05) is 44.2 Å². The summed E-state index contributed by atoms with van der Waals surface area (Å²) in [5.41, 5.74) is 1.42. The summed E-state index contributed by atoms with van der Waals surface area (Å²) in [6.07, 6.45) is 4.21. The second-order valence-electron chi connectivity index (χ2n) is 10.2. The van der Waals surface area contributed by atoms with E-state index in [0.29, 0.717) is 6.42 Å². The number of hydrogen-bond donors (Lipinski definition) is 1. The van der Waals surface area contributed by atoms with Crippen LogP contribution in [0.5, 0.6) is 0 Å². The number of anilines is 1. The van der Waals surface area contributed by atoms with E-state index in [1.54, 1.807) is 12.1 Å². The Bertz CT molecular complexity index is 1410. The van der Waals surface area contributed by atoms with Crippen LogP contribution in [0.3, 0.4) is 0 Å². The standard InChI is InChI=1S/C31H36FN3O4S/c1-3-28(31(37)33-25-13-7-8-14-25)34(21-24-11-5-4-6-12-24)30(36)22-35(29-16-10-9-15-27(29)32)40(38,39)26-19-17-23(2)18-20-26/h4-6,9-12,15-20,25,28H,3,7-8,13-14,21-22H2,1-2H3,(H,33,37). The zero-order valence-electron chi connectivity index (χ0n) is 22.9. The molecule has 40 heavy (non-hydrogen) atoms. The van der Waals surface area contributed by atoms with E-state index in [4.69, 9.17) is 0 Å². The van der Waals surface area contributed by atoms with Gasteiger partial charge in [0.25, 0.3) is 10.0 Å². The number of nitrogens with one attached hydrogen (secondary N) is 1. The minimum Gasteiger partial charge on any atom is -0.352 e. The molecule has 212 valence electrons. The molecule has 1 aliphatic rings. The second-order valence-corrected chi connectivity index (χ2v) is 12.1. The topological polar surface area (TPSA) is 86.8 Å². The molecule has 0 aliphatic heterocycles. The number of rotatable bonds is 11. The Morgan fingerprint density at radius 1 is 0.950 bits per heavy atom. The van der Waals surface area contributed by atoms with Crippen molar-refractivity contribution in [3.8, 4) is 0 Å². The third kappa shape index (κ3) is 6.88. The molecule has 0 saturated heterocycles. The Balaban J connectivity index is 1.71. The summed E-state index contributed by atoms with van der Waals surface area (Å²) in [4.78, 5) is 28.8. The monoisotopic (exact) mass is 565 g/mol. The lowest BCUT2D eigenvalue weighted by Gasteiger charge is -2.33. The predicted octanol–water partition coefficient (Wildman–Crippen LogP) is 5.20. The highest BCUT2D eigenvalue weighted by Crippen LogP contribution is 2.27. The van der Waals surface area contributed by atoms with Crippen molar-refractivity contribution in [1.29, 1.82) is 0 Å². The van der Waals surface area contributed by atoms with Crippen LogP contribution in [0.1, 0.15) is 50.2 Å². The van der Waals surface area contributed by atoms with Gasteiger partial charge in [-0.25, -0.2) is 12.8 Å². The van der Waals surface area contributed by atoms with E-state index in [-0.39, 0.29) is 29.1 Å². The van der Waals surface area contributed by atoms with Crippen molar-refractivity contribution in [3.05, 3.63) is 95.8 Å². The predicted molar refractivity (Wildman–Crippen MR) is 154 cm³/mol. The summed E-state index contributed by atoms with van der Waals surface area (Å²) in [5, 5.41) is 3.08. The lowest BCUT2D eigenvalue weighted by atomic mass is 10.1. The SMILES string of the molecule is CCC(C(=O)NC1CCCC1)N(Cc1ccccc1)C(=O)CN(c1ccccc1F)S(=O)(=O)c1ccc(C)cc1. The summed E-state index contributed by atoms with van der Waals surface area (Å²) < 4.78 is 43.5. The van der Waals surface area contributed by atoms with Crippen LogP contribution in [0, 0.1) is 12.7 Å². The number of carbonyl (C=O) groups excluding carboxylic acids is 2. The van der Waals surface area contributed by atoms with Crippen LogP contribution in [-0.4, -0.2) is 43.8 Å². The molecule has 4 rings (SSSR count). The fourth-order valence-electron chi connectivity index (χ4n) is 5.07. The summed E-state index contributed by atoms with van der Waals surface area (Å²) in [7, 11) is -4.32. The van der Waals surface area contributed by atoms with Crippen molar-refractivity contribution in [2.75, 3.05) is 10.8 Å². The van der Waals surface area contributed by atoms with Crippen LogP contribution in [0.4, 0.5) is 10.1 Å². The lowest BCUT2D eigenvalue weighted by Crippen LogP contribution is -2.53. The van der Waals surface area contributed by atoms with Crippen molar-refractivity contribution in [2.24, 2.45) is 0 Å². The summed E-state index contributed by atoms with van der Waals surface area (Å²) in [5.74, 6) is -1.64. The normalized spacial score (nSPS) is 14.5. The molecule has 7 nitrogen and oxygen atoms in total. The molecule has 1 N–H and O–H groups in total. The maximum Gasteiger partial charge on any atom is 0.264 e. The van der Waals surface area contributed by atoms with Crippen molar-refractivity contribution in [1.82, 2.24) is 10.2 Å². The molecule has 1 saturated carbocycles. The highest BCUT2D eigenvalue weighted by Gasteiger charge is 2.35. The first-order valence-electron chi connectivity index (χ1n) is 13.7. The van der Waals surface area contributed by atoms with Crippen molar-refractivity contribution in [3.63, 3.8) is 0 Å². The zero-order chi connectivity index (χ0) is 28.7. The molecule has 2 amide bonds. The maximum absolute atomic E-state index is 15.0. The van der Waals surface area contributed by atoms with Gasteiger partial charge in [-0.3, -0.25) is 13.9 Å². The van der Waals surface area contributed by atoms with Crippen molar-refractivity contribution < 1.29 is 22.4 Å². The molecule has 3 aromatic carbocycles. The quantitative estimate of drug-likeness (QED) is 0.347. The van der Waals surface area contributed by atoms with Crippen LogP contribution in [0.25, 0.3) is 0 Å². The van der Waals surface area contributed by atoms with Gasteiger partial charge in [0.2, 0.25) is 11.8 Å². The fourth-order valence-corrected chi connectivity index (χ4v) is 6.49. The number of nitrogens with zero attached hydrogens (tertiary/aromatic N) is 2. The summed E-state index contributed by atoms with van der Waals surface area (Å²) in [6.45, 7) is 3.09. The molecule has 0 bridgehead atoms. The molecule has 0 heterocycles. The van der Waals surface area contributed by atoms with E-state index in [0.717, 1.165) is 47.2 Å². The first-order chi connectivity index (χ1) is 19.2. The first-order valence-corrected chi connectivity index (χ1v) is 15.1. The number of halogens is 1. The first kappa shape index (κ1) is 29.3. The molecule has 0 radical (unpaired) electrons. The number of amides is 2. The molecule has 3 aromatic rings. The van der Waals surface area contributed by atoms with Crippen LogP contribution >= 0.6 is 0 Å². The molecule has 1 aliphatic carbocycles. The van der Waals surface area contributed by atoms with Gasteiger partial charge in [-0.15, -0.1) is 0 Å². The number of para-hydroxylation sites is 1. The average Bonchev–Trinajstić information content (AvgIpc) is 3.46. The third-order valence-electron chi connectivity index (χ3n) is 7.29. The molecule has 9 heteroatoms. The second kappa shape index (κ2) is 13.1. The van der Waals surface area contributed by atoms with E-state index in [9.17, 15) is 18.0 Å². The number of aryl methyl sites for hydroxylation is 1. The zero-order valence-corrected chi connectivity index (χ0v) is 23.7. The summed E-state index contributed by atoms with van der Waals surface area (Å²) in [6, 6.07) is 20.1. The van der Waals surface area contributed by atoms with Gasteiger partial charge < -0.3 is 10.2 Å². The van der Waals surface area contributed by atoms with E-state index < -0.39 is 34.3 Å². The number of hydrogen-bond acceptors (Lipinski definition) is 4. The highest BCUT2D eigenvalue weighted by atomic mass is 32.2. The van der Waals surface area contributed by atoms with Crippen LogP contribution in [0.15, 0.2) is 83.8 Å². The molecule has 1 unspecified atom stereocenters. The van der Waals surface area contributed by atoms with Gasteiger partial charge in [0, 0.05) is 12.6 Å². The highest BCUT2D eigenvalue weighted by molar-refractivity contribution is 7.92. The van der Waals surface area contributed by atoms with Crippen LogP contribution in [0.2, 0.25) is 0 Å². The molecule has 0 aromatic heterocycles. The Morgan fingerprint density at radius 3 is 2.20 bits per heavy atom. The van der Waals surface area contributed by atoms with E-state index >= 15 is 4.39 Å². The van der Waals surface area contributed by atoms with Gasteiger partial charge in [-0.1, -0.05) is 79.9 Å². The Hall–Kier alpha value is -3.72. The molecular weight excluding hydrogens is 529 g/mol. The van der Waals surface area contributed by atoms with Gasteiger partial charge in [-0.2, -0.15) is 0 Å². The third-order valence-corrected chi connectivity index (χ3v) is 9.07. The van der Waals surface area contributed by atoms with Crippen LogP contribution in [-0.2, 0) is 26.2 Å². The minimum atomic E-state index is -4.32. The lowest BCUT2D eigenvalue weighted by molar-refractivity contribution is -0.140. The van der Waals surface area contributed by atoms with Gasteiger partial charge >= 0.3 is 0 Å². The number of sulfonamides is 1. The van der Waals surface area contributed by atoms with Crippen molar-refractivity contribution in [2.45, 2.75) is 69.5 Å². The largest absolute Gasteiger partial charge is 0.352 e. The van der Waals surface area contributed by atoms with Gasteiger partial charge in [0.1, 0.15) is 18.4 Å². The molecule has 1 atom stereocenters. The van der Waals surface area contributed by atoms with Gasteiger partial charge in [0.15, 0.2) is 0 Å². The maximum atomic E-state index is 15.0. The van der Waals surface area contributed by atoms with E-state index in [2.05, 4.69) is 5.32 Å². The average molecular weight is 566 g/mol. The van der Waals surface area contributed by atoms with E-state index in [1.165, 1.54) is 35.2 Å². The number of carbonyl (C=O) groups is 2. The van der Waals surface area contributed by atoms with Crippen LogP contribution < -0.4 is 9.62 Å². The Kier molecular flexibility index (Phi) is 9.58. The molecular formula is C31H36FN3O4S. The smallest absolute Gasteiger partial charge is 0.264 e.